The second kappa shape index (κ2) is 7.13. The monoisotopic (exact) mass is 193 g/mol. The lowest BCUT2D eigenvalue weighted by Crippen LogP contribution is -2.24. The molecule has 1 aromatic rings. The fraction of sp³-hybridized carbons (Fsp3) is 0.417. The topological polar surface area (TPSA) is 20.3 Å². The average molecular weight is 193 g/mol. The van der Waals surface area contributed by atoms with Gasteiger partial charge in [-0.25, -0.2) is 0 Å². The van der Waals surface area contributed by atoms with Crippen LogP contribution in [0.4, 0.5) is 5.69 Å². The van der Waals surface area contributed by atoms with Crippen molar-refractivity contribution in [3.05, 3.63) is 30.3 Å². The van der Waals surface area contributed by atoms with Gasteiger partial charge < -0.3 is 4.90 Å². The first-order chi connectivity index (χ1) is 6.75. The Bertz CT molecular complexity index is 256. The van der Waals surface area contributed by atoms with Crippen LogP contribution in [-0.4, -0.2) is 13.0 Å². The first-order valence-electron chi connectivity index (χ1n) is 5.07. The van der Waals surface area contributed by atoms with Gasteiger partial charge in [0.15, 0.2) is 0 Å². The third-order valence-corrected chi connectivity index (χ3v) is 1.82. The maximum Gasteiger partial charge on any atom is 0.226 e. The summed E-state index contributed by atoms with van der Waals surface area (Å²) in [5.74, 6) is 0.140. The number of anilines is 1. The number of para-hydroxylation sites is 1. The average Bonchev–Trinajstić information content (AvgIpc) is 2.31. The van der Waals surface area contributed by atoms with Gasteiger partial charge in [-0.2, -0.15) is 0 Å². The number of rotatable bonds is 2. The summed E-state index contributed by atoms with van der Waals surface area (Å²) in [6.45, 7) is 5.86. The Balaban J connectivity index is 0.000000791. The van der Waals surface area contributed by atoms with Crippen LogP contribution < -0.4 is 4.90 Å². The van der Waals surface area contributed by atoms with E-state index in [1.54, 1.807) is 11.9 Å². The van der Waals surface area contributed by atoms with E-state index in [1.165, 1.54) is 0 Å². The van der Waals surface area contributed by atoms with Crippen LogP contribution in [0, 0.1) is 0 Å². The van der Waals surface area contributed by atoms with Gasteiger partial charge in [-0.05, 0) is 12.1 Å². The van der Waals surface area contributed by atoms with Crippen molar-refractivity contribution in [2.75, 3.05) is 11.9 Å². The standard InChI is InChI=1S/C10H13NO.C2H6/c1-3-10(12)11(2)9-7-5-4-6-8-9;1-2/h4-8H,3H2,1-2H3;1-2H3. The predicted octanol–water partition coefficient (Wildman–Crippen LogP) is 3.09. The minimum Gasteiger partial charge on any atom is -0.316 e. The third kappa shape index (κ3) is 3.60. The van der Waals surface area contributed by atoms with Crippen LogP contribution in [0.2, 0.25) is 0 Å². The summed E-state index contributed by atoms with van der Waals surface area (Å²) >= 11 is 0. The molecule has 0 radical (unpaired) electrons. The number of amides is 1. The molecule has 1 aromatic carbocycles. The number of carbonyl (C=O) groups is 1. The van der Waals surface area contributed by atoms with Crippen molar-refractivity contribution in [3.63, 3.8) is 0 Å². The Morgan fingerprint density at radius 3 is 2.14 bits per heavy atom. The summed E-state index contributed by atoms with van der Waals surface area (Å²) in [6, 6.07) is 9.64. The molecule has 2 nitrogen and oxygen atoms in total. The molecular formula is C12H19NO. The van der Waals surface area contributed by atoms with Crippen LogP contribution in [0.1, 0.15) is 27.2 Å². The number of carbonyl (C=O) groups excluding carboxylic acids is 1. The molecule has 2 heteroatoms. The Kier molecular flexibility index (Phi) is 6.46. The molecule has 0 saturated heterocycles. The lowest BCUT2D eigenvalue weighted by Gasteiger charge is -2.15. The van der Waals surface area contributed by atoms with E-state index in [-0.39, 0.29) is 5.91 Å². The van der Waals surface area contributed by atoms with Gasteiger partial charge in [0.2, 0.25) is 5.91 Å². The highest BCUT2D eigenvalue weighted by atomic mass is 16.2. The predicted molar refractivity (Wildman–Crippen MR) is 61.5 cm³/mol. The molecule has 78 valence electrons. The van der Waals surface area contributed by atoms with Crippen LogP contribution in [0.5, 0.6) is 0 Å². The second-order valence-corrected chi connectivity index (χ2v) is 2.64. The van der Waals surface area contributed by atoms with Crippen LogP contribution in [0.25, 0.3) is 0 Å². The Hall–Kier alpha value is -1.31. The van der Waals surface area contributed by atoms with Crippen molar-refractivity contribution in [1.29, 1.82) is 0 Å². The first kappa shape index (κ1) is 12.7. The van der Waals surface area contributed by atoms with Crippen LogP contribution in [0.3, 0.4) is 0 Å². The Morgan fingerprint density at radius 2 is 1.71 bits per heavy atom. The fourth-order valence-corrected chi connectivity index (χ4v) is 1.03. The molecule has 0 aliphatic rings. The maximum absolute atomic E-state index is 11.2. The van der Waals surface area contributed by atoms with Gasteiger partial charge in [-0.3, -0.25) is 4.79 Å². The first-order valence-corrected chi connectivity index (χ1v) is 5.07. The van der Waals surface area contributed by atoms with E-state index >= 15 is 0 Å². The van der Waals surface area contributed by atoms with E-state index in [2.05, 4.69) is 0 Å². The molecule has 0 N–H and O–H groups in total. The third-order valence-electron chi connectivity index (χ3n) is 1.82. The molecule has 0 saturated carbocycles. The van der Waals surface area contributed by atoms with Gasteiger partial charge in [0.25, 0.3) is 0 Å². The van der Waals surface area contributed by atoms with Crippen molar-refractivity contribution >= 4 is 11.6 Å². The fourth-order valence-electron chi connectivity index (χ4n) is 1.03. The summed E-state index contributed by atoms with van der Waals surface area (Å²) in [5, 5.41) is 0. The lowest BCUT2D eigenvalue weighted by atomic mass is 10.3. The number of hydrogen-bond acceptors (Lipinski definition) is 1. The van der Waals surface area contributed by atoms with Crippen LogP contribution in [-0.2, 0) is 4.79 Å². The molecule has 0 atom stereocenters. The van der Waals surface area contributed by atoms with Gasteiger partial charge in [-0.1, -0.05) is 39.0 Å². The molecule has 1 rings (SSSR count). The molecule has 14 heavy (non-hydrogen) atoms. The molecular weight excluding hydrogens is 174 g/mol. The molecule has 0 unspecified atom stereocenters. The minimum atomic E-state index is 0.140. The maximum atomic E-state index is 11.2. The van der Waals surface area contributed by atoms with E-state index in [9.17, 15) is 4.79 Å². The molecule has 0 aliphatic carbocycles. The summed E-state index contributed by atoms with van der Waals surface area (Å²) in [7, 11) is 1.79. The molecule has 0 aliphatic heterocycles. The normalized spacial score (nSPS) is 8.57. The summed E-state index contributed by atoms with van der Waals surface area (Å²) < 4.78 is 0. The number of nitrogens with zero attached hydrogens (tertiary/aromatic N) is 1. The van der Waals surface area contributed by atoms with Crippen molar-refractivity contribution in [2.24, 2.45) is 0 Å². The summed E-state index contributed by atoms with van der Waals surface area (Å²) in [4.78, 5) is 12.9. The van der Waals surface area contributed by atoms with E-state index < -0.39 is 0 Å². The largest absolute Gasteiger partial charge is 0.316 e. The number of hydrogen-bond donors (Lipinski definition) is 0. The van der Waals surface area contributed by atoms with E-state index in [1.807, 2.05) is 51.1 Å². The highest BCUT2D eigenvalue weighted by molar-refractivity contribution is 5.92. The summed E-state index contributed by atoms with van der Waals surface area (Å²) in [5.41, 5.74) is 0.948. The minimum absolute atomic E-state index is 0.140. The molecule has 1 amide bonds. The SMILES string of the molecule is CC.CCC(=O)N(C)c1ccccc1. The summed E-state index contributed by atoms with van der Waals surface area (Å²) in [6.07, 6.45) is 0.547. The van der Waals surface area contributed by atoms with Crippen molar-refractivity contribution in [2.45, 2.75) is 27.2 Å². The van der Waals surface area contributed by atoms with Crippen molar-refractivity contribution in [3.8, 4) is 0 Å². The highest BCUT2D eigenvalue weighted by Crippen LogP contribution is 2.11. The van der Waals surface area contributed by atoms with E-state index in [0.29, 0.717) is 6.42 Å². The van der Waals surface area contributed by atoms with E-state index in [4.69, 9.17) is 0 Å². The van der Waals surface area contributed by atoms with Crippen molar-refractivity contribution in [1.82, 2.24) is 0 Å². The quantitative estimate of drug-likeness (QED) is 0.706. The van der Waals surface area contributed by atoms with E-state index in [0.717, 1.165) is 5.69 Å². The molecule has 0 heterocycles. The zero-order chi connectivity index (χ0) is 11.0. The molecule has 0 fully saturated rings. The zero-order valence-corrected chi connectivity index (χ0v) is 9.45. The van der Waals surface area contributed by atoms with Gasteiger partial charge in [0.1, 0.15) is 0 Å². The molecule has 0 aromatic heterocycles. The van der Waals surface area contributed by atoms with Crippen LogP contribution in [0.15, 0.2) is 30.3 Å². The van der Waals surface area contributed by atoms with Gasteiger partial charge in [-0.15, -0.1) is 0 Å². The second-order valence-electron chi connectivity index (χ2n) is 2.64. The smallest absolute Gasteiger partial charge is 0.226 e. The van der Waals surface area contributed by atoms with Crippen molar-refractivity contribution < 1.29 is 4.79 Å². The zero-order valence-electron chi connectivity index (χ0n) is 9.45. The van der Waals surface area contributed by atoms with Gasteiger partial charge >= 0.3 is 0 Å². The lowest BCUT2D eigenvalue weighted by molar-refractivity contribution is -0.118. The Labute approximate surface area is 86.5 Å². The molecule has 0 bridgehead atoms. The van der Waals surface area contributed by atoms with Gasteiger partial charge in [0, 0.05) is 19.2 Å². The Morgan fingerprint density at radius 1 is 1.21 bits per heavy atom. The van der Waals surface area contributed by atoms with Crippen LogP contribution >= 0.6 is 0 Å². The highest BCUT2D eigenvalue weighted by Gasteiger charge is 2.06. The number of benzene rings is 1. The molecule has 0 spiro atoms. The van der Waals surface area contributed by atoms with Gasteiger partial charge in [0.05, 0.1) is 0 Å².